The van der Waals surface area contributed by atoms with Gasteiger partial charge >= 0.3 is 13.3 Å². The van der Waals surface area contributed by atoms with Crippen LogP contribution in [0.25, 0.3) is 0 Å². The smallest absolute Gasteiger partial charge is 0.481 e. The van der Waals surface area contributed by atoms with Gasteiger partial charge in [0.25, 0.3) is 0 Å². The third-order valence-corrected chi connectivity index (χ3v) is 2.49. The van der Waals surface area contributed by atoms with E-state index in [1.165, 1.54) is 44.9 Å². The Hall–Kier alpha value is -0.585. The number of aliphatic carboxylic acids is 1. The normalized spacial score (nSPS) is 9.56. The van der Waals surface area contributed by atoms with Crippen LogP contribution in [0.1, 0.15) is 71.1 Å². The third kappa shape index (κ3) is 29.5. The summed E-state index contributed by atoms with van der Waals surface area (Å²) in [6, 6.07) is 0. The molecule has 0 saturated heterocycles. The topological polar surface area (TPSA) is 98.0 Å². The maximum Gasteiger partial charge on any atom is 0.631 e. The van der Waals surface area contributed by atoms with Crippen molar-refractivity contribution < 1.29 is 25.0 Å². The maximum atomic E-state index is 10.2. The van der Waals surface area contributed by atoms with Crippen molar-refractivity contribution in [3.63, 3.8) is 0 Å². The molecule has 0 saturated carbocycles. The summed E-state index contributed by atoms with van der Waals surface area (Å²) in [5.41, 5.74) is 0. The van der Waals surface area contributed by atoms with Gasteiger partial charge in [-0.1, -0.05) is 58.3 Å². The lowest BCUT2D eigenvalue weighted by Gasteiger charge is -2.00. The van der Waals surface area contributed by atoms with E-state index in [0.29, 0.717) is 6.42 Å². The minimum absolute atomic E-state index is 0.343. The molecule has 0 atom stereocenters. The van der Waals surface area contributed by atoms with E-state index in [9.17, 15) is 4.79 Å². The summed E-state index contributed by atoms with van der Waals surface area (Å²) in [5.74, 6) is -0.659. The van der Waals surface area contributed by atoms with Gasteiger partial charge in [0.05, 0.1) is 0 Å². The molecule has 0 spiro atoms. The highest BCUT2D eigenvalue weighted by Gasteiger charge is 1.96. The van der Waals surface area contributed by atoms with Crippen molar-refractivity contribution in [2.75, 3.05) is 0 Å². The molecule has 0 rings (SSSR count). The number of carboxylic acid groups (broad SMARTS) is 1. The Morgan fingerprint density at radius 1 is 0.833 bits per heavy atom. The van der Waals surface area contributed by atoms with Gasteiger partial charge in [-0.05, 0) is 6.42 Å². The zero-order chi connectivity index (χ0) is 14.2. The van der Waals surface area contributed by atoms with Gasteiger partial charge in [0, 0.05) is 6.42 Å². The number of unbranched alkanes of at least 4 members (excludes halogenated alkanes) is 8. The fraction of sp³-hybridized carbons (Fsp3) is 0.917. The van der Waals surface area contributed by atoms with Crippen LogP contribution in [0.5, 0.6) is 0 Å². The van der Waals surface area contributed by atoms with Gasteiger partial charge in [-0.2, -0.15) is 0 Å². The van der Waals surface area contributed by atoms with Crippen LogP contribution >= 0.6 is 0 Å². The van der Waals surface area contributed by atoms with Gasteiger partial charge in [0.1, 0.15) is 0 Å². The van der Waals surface area contributed by atoms with Gasteiger partial charge in [0.2, 0.25) is 0 Å². The molecule has 0 radical (unpaired) electrons. The van der Waals surface area contributed by atoms with E-state index in [1.807, 2.05) is 0 Å². The first-order chi connectivity index (χ1) is 8.50. The zero-order valence-electron chi connectivity index (χ0n) is 11.3. The molecule has 5 nitrogen and oxygen atoms in total. The Labute approximate surface area is 110 Å². The number of carbonyl (C=O) groups is 1. The van der Waals surface area contributed by atoms with E-state index in [-0.39, 0.29) is 0 Å². The Bertz CT molecular complexity index is 173. The molecule has 0 bridgehead atoms. The van der Waals surface area contributed by atoms with Crippen LogP contribution < -0.4 is 0 Å². The van der Waals surface area contributed by atoms with E-state index in [1.54, 1.807) is 0 Å². The molecule has 6 heteroatoms. The molecule has 0 aliphatic rings. The average Bonchev–Trinajstić information content (AvgIpc) is 2.26. The lowest BCUT2D eigenvalue weighted by molar-refractivity contribution is -0.137. The summed E-state index contributed by atoms with van der Waals surface area (Å²) in [5, 5.41) is 29.9. The molecule has 0 aromatic carbocycles. The second-order valence-corrected chi connectivity index (χ2v) is 4.32. The molecule has 18 heavy (non-hydrogen) atoms. The minimum atomic E-state index is -2.17. The van der Waals surface area contributed by atoms with Crippen LogP contribution in [0, 0.1) is 0 Å². The first-order valence-electron chi connectivity index (χ1n) is 6.76. The molecular formula is C12H27BO5. The molecule has 0 heterocycles. The number of hydrogen-bond donors (Lipinski definition) is 4. The Balaban J connectivity index is 0. The van der Waals surface area contributed by atoms with Crippen LogP contribution in [-0.4, -0.2) is 33.5 Å². The van der Waals surface area contributed by atoms with Crippen molar-refractivity contribution in [1.29, 1.82) is 0 Å². The number of rotatable bonds is 10. The molecule has 108 valence electrons. The molecular weight excluding hydrogens is 235 g/mol. The molecule has 4 N–H and O–H groups in total. The average molecular weight is 262 g/mol. The fourth-order valence-electron chi connectivity index (χ4n) is 1.59. The number of carboxylic acids is 1. The van der Waals surface area contributed by atoms with Crippen molar-refractivity contribution in [1.82, 2.24) is 0 Å². The van der Waals surface area contributed by atoms with Crippen molar-refractivity contribution in [3.05, 3.63) is 0 Å². The molecule has 0 aromatic heterocycles. The van der Waals surface area contributed by atoms with Crippen molar-refractivity contribution >= 4 is 13.3 Å². The minimum Gasteiger partial charge on any atom is -0.481 e. The number of hydrogen-bond acceptors (Lipinski definition) is 4. The van der Waals surface area contributed by atoms with E-state index < -0.39 is 13.3 Å². The summed E-state index contributed by atoms with van der Waals surface area (Å²) in [7, 11) is -2.17. The van der Waals surface area contributed by atoms with Crippen LogP contribution in [0.3, 0.4) is 0 Å². The highest BCUT2D eigenvalue weighted by Crippen LogP contribution is 2.10. The molecule has 0 aromatic rings. The quantitative estimate of drug-likeness (QED) is 0.356. The Morgan fingerprint density at radius 2 is 1.17 bits per heavy atom. The Kier molecular flexibility index (Phi) is 18.0. The Morgan fingerprint density at radius 3 is 1.50 bits per heavy atom. The monoisotopic (exact) mass is 262 g/mol. The predicted octanol–water partition coefficient (Wildman–Crippen LogP) is 1.94. The van der Waals surface area contributed by atoms with Crippen LogP contribution in [0.2, 0.25) is 0 Å². The summed E-state index contributed by atoms with van der Waals surface area (Å²) >= 11 is 0. The van der Waals surface area contributed by atoms with E-state index in [4.69, 9.17) is 20.2 Å². The van der Waals surface area contributed by atoms with Gasteiger partial charge in [-0.15, -0.1) is 0 Å². The zero-order valence-corrected chi connectivity index (χ0v) is 11.3. The van der Waals surface area contributed by atoms with E-state index in [2.05, 4.69) is 6.92 Å². The van der Waals surface area contributed by atoms with Crippen LogP contribution in [0.15, 0.2) is 0 Å². The maximum absolute atomic E-state index is 10.2. The SMILES string of the molecule is CCCCCCCCCCCC(=O)O.OB(O)O. The highest BCUT2D eigenvalue weighted by atomic mass is 16.5. The van der Waals surface area contributed by atoms with E-state index >= 15 is 0 Å². The molecule has 0 aliphatic heterocycles. The molecule has 0 unspecified atom stereocenters. The summed E-state index contributed by atoms with van der Waals surface area (Å²) in [4.78, 5) is 10.2. The third-order valence-electron chi connectivity index (χ3n) is 2.49. The van der Waals surface area contributed by atoms with Crippen molar-refractivity contribution in [3.8, 4) is 0 Å². The van der Waals surface area contributed by atoms with Gasteiger partial charge in [-0.3, -0.25) is 4.79 Å². The first kappa shape index (κ1) is 19.7. The fourth-order valence-corrected chi connectivity index (χ4v) is 1.59. The first-order valence-corrected chi connectivity index (χ1v) is 6.76. The highest BCUT2D eigenvalue weighted by molar-refractivity contribution is 6.30. The largest absolute Gasteiger partial charge is 0.631 e. The lowest BCUT2D eigenvalue weighted by atomic mass is 10.1. The van der Waals surface area contributed by atoms with Crippen molar-refractivity contribution in [2.45, 2.75) is 71.1 Å². The standard InChI is InChI=1S/C12H24O2.BH3O3/c1-2-3-4-5-6-7-8-9-10-11-12(13)14;2-1(3)4/h2-11H2,1H3,(H,13,14);2-4H. The molecule has 0 aliphatic carbocycles. The summed E-state index contributed by atoms with van der Waals surface area (Å²) in [6.45, 7) is 2.23. The van der Waals surface area contributed by atoms with E-state index in [0.717, 1.165) is 12.8 Å². The van der Waals surface area contributed by atoms with Gasteiger partial charge in [-0.25, -0.2) is 0 Å². The van der Waals surface area contributed by atoms with Gasteiger partial charge in [0.15, 0.2) is 0 Å². The predicted molar refractivity (Wildman–Crippen MR) is 71.9 cm³/mol. The van der Waals surface area contributed by atoms with Gasteiger partial charge < -0.3 is 20.2 Å². The lowest BCUT2D eigenvalue weighted by Crippen LogP contribution is -2.07. The van der Waals surface area contributed by atoms with Crippen LogP contribution in [0.4, 0.5) is 0 Å². The molecule has 0 amide bonds. The summed E-state index contributed by atoms with van der Waals surface area (Å²) < 4.78 is 0. The van der Waals surface area contributed by atoms with Crippen LogP contribution in [-0.2, 0) is 4.79 Å². The second kappa shape index (κ2) is 16.4. The van der Waals surface area contributed by atoms with Crippen molar-refractivity contribution in [2.24, 2.45) is 0 Å². The molecule has 0 fully saturated rings. The summed E-state index contributed by atoms with van der Waals surface area (Å²) in [6.07, 6.45) is 11.5. The second-order valence-electron chi connectivity index (χ2n) is 4.32.